The zero-order valence-electron chi connectivity index (χ0n) is 14.1. The van der Waals surface area contributed by atoms with Crippen LogP contribution in [0.1, 0.15) is 18.2 Å². The van der Waals surface area contributed by atoms with Gasteiger partial charge in [0.15, 0.2) is 0 Å². The highest BCUT2D eigenvalue weighted by molar-refractivity contribution is 7.99. The van der Waals surface area contributed by atoms with E-state index in [1.807, 2.05) is 17.8 Å². The highest BCUT2D eigenvalue weighted by Crippen LogP contribution is 2.29. The Balaban J connectivity index is 1.80. The maximum absolute atomic E-state index is 13.2. The fourth-order valence-corrected chi connectivity index (χ4v) is 7.38. The average Bonchev–Trinajstić information content (AvgIpc) is 2.97. The standard InChI is InChI=1S/C16H26N2O3S3/c1-2-15-4-5-16(23-15)24(19,20)18-6-3-11-22-13-14(18)12-17-7-9-21-10-8-17/h4-5,14H,2-3,6-13H2,1H3. The Morgan fingerprint density at radius 3 is 2.75 bits per heavy atom. The number of sulfonamides is 1. The lowest BCUT2D eigenvalue weighted by molar-refractivity contribution is 0.0309. The quantitative estimate of drug-likeness (QED) is 0.771. The highest BCUT2D eigenvalue weighted by atomic mass is 32.2. The van der Waals surface area contributed by atoms with Crippen molar-refractivity contribution in [1.82, 2.24) is 9.21 Å². The summed E-state index contributed by atoms with van der Waals surface area (Å²) in [4.78, 5) is 3.47. The fourth-order valence-electron chi connectivity index (χ4n) is 3.15. The molecule has 2 aliphatic heterocycles. The molecule has 0 radical (unpaired) electrons. The van der Waals surface area contributed by atoms with Crippen LogP contribution in [0.2, 0.25) is 0 Å². The molecule has 0 saturated carbocycles. The van der Waals surface area contributed by atoms with Crippen molar-refractivity contribution in [3.05, 3.63) is 17.0 Å². The van der Waals surface area contributed by atoms with Crippen LogP contribution in [0.3, 0.4) is 0 Å². The van der Waals surface area contributed by atoms with Gasteiger partial charge in [-0.1, -0.05) is 6.92 Å². The molecule has 136 valence electrons. The molecule has 0 amide bonds. The fraction of sp³-hybridized carbons (Fsp3) is 0.750. The molecule has 2 fully saturated rings. The van der Waals surface area contributed by atoms with Crippen LogP contribution in [-0.4, -0.2) is 74.6 Å². The van der Waals surface area contributed by atoms with Gasteiger partial charge < -0.3 is 4.74 Å². The van der Waals surface area contributed by atoms with Crippen molar-refractivity contribution in [3.8, 4) is 0 Å². The second-order valence-corrected chi connectivity index (χ2v) is 10.6. The van der Waals surface area contributed by atoms with E-state index in [9.17, 15) is 8.42 Å². The van der Waals surface area contributed by atoms with Crippen LogP contribution in [0.25, 0.3) is 0 Å². The van der Waals surface area contributed by atoms with Gasteiger partial charge in [0.2, 0.25) is 0 Å². The van der Waals surface area contributed by atoms with Crippen molar-refractivity contribution in [2.45, 2.75) is 30.0 Å². The van der Waals surface area contributed by atoms with Gasteiger partial charge in [0.1, 0.15) is 4.21 Å². The van der Waals surface area contributed by atoms with Crippen molar-refractivity contribution in [3.63, 3.8) is 0 Å². The molecular formula is C16H26N2O3S3. The Morgan fingerprint density at radius 1 is 1.25 bits per heavy atom. The number of thioether (sulfide) groups is 1. The normalized spacial score (nSPS) is 24.8. The highest BCUT2D eigenvalue weighted by Gasteiger charge is 2.34. The summed E-state index contributed by atoms with van der Waals surface area (Å²) in [5, 5.41) is 0. The average molecular weight is 391 g/mol. The number of hydrogen-bond acceptors (Lipinski definition) is 6. The molecule has 0 bridgehead atoms. The van der Waals surface area contributed by atoms with E-state index in [0.29, 0.717) is 10.8 Å². The lowest BCUT2D eigenvalue weighted by Gasteiger charge is -2.34. The third-order valence-corrected chi connectivity index (χ3v) is 9.35. The minimum atomic E-state index is -3.39. The molecule has 1 aromatic rings. The lowest BCUT2D eigenvalue weighted by Crippen LogP contribution is -2.50. The summed E-state index contributed by atoms with van der Waals surface area (Å²) in [5.41, 5.74) is 0. The molecule has 1 unspecified atom stereocenters. The molecule has 3 heterocycles. The maximum Gasteiger partial charge on any atom is 0.252 e. The topological polar surface area (TPSA) is 49.9 Å². The molecule has 1 atom stereocenters. The minimum Gasteiger partial charge on any atom is -0.379 e. The van der Waals surface area contributed by atoms with E-state index in [4.69, 9.17) is 4.74 Å². The summed E-state index contributed by atoms with van der Waals surface area (Å²) in [6.07, 6.45) is 1.81. The summed E-state index contributed by atoms with van der Waals surface area (Å²) in [6.45, 7) is 6.79. The van der Waals surface area contributed by atoms with Crippen LogP contribution < -0.4 is 0 Å². The Bertz CT molecular complexity index is 626. The summed E-state index contributed by atoms with van der Waals surface area (Å²) in [7, 11) is -3.39. The van der Waals surface area contributed by atoms with Gasteiger partial charge in [-0.05, 0) is 30.7 Å². The van der Waals surface area contributed by atoms with Gasteiger partial charge in [-0.25, -0.2) is 8.42 Å². The molecule has 1 aromatic heterocycles. The van der Waals surface area contributed by atoms with E-state index in [1.165, 1.54) is 11.3 Å². The van der Waals surface area contributed by atoms with Crippen molar-refractivity contribution >= 4 is 33.1 Å². The third-order valence-electron chi connectivity index (χ3n) is 4.51. The molecule has 24 heavy (non-hydrogen) atoms. The van der Waals surface area contributed by atoms with Gasteiger partial charge >= 0.3 is 0 Å². The van der Waals surface area contributed by atoms with E-state index in [0.717, 1.165) is 62.1 Å². The summed E-state index contributed by atoms with van der Waals surface area (Å²) in [5.74, 6) is 1.92. The third kappa shape index (κ3) is 4.34. The van der Waals surface area contributed by atoms with Gasteiger partial charge in [0.25, 0.3) is 10.0 Å². The second-order valence-electron chi connectivity index (χ2n) is 6.19. The molecule has 0 spiro atoms. The van der Waals surface area contributed by atoms with E-state index >= 15 is 0 Å². The number of thiophene rings is 1. The first-order valence-electron chi connectivity index (χ1n) is 8.59. The predicted molar refractivity (Wildman–Crippen MR) is 101 cm³/mol. The van der Waals surface area contributed by atoms with Gasteiger partial charge in [0.05, 0.1) is 13.2 Å². The van der Waals surface area contributed by atoms with Gasteiger partial charge in [-0.3, -0.25) is 4.90 Å². The zero-order chi connectivity index (χ0) is 17.0. The number of ether oxygens (including phenoxy) is 1. The first-order valence-corrected chi connectivity index (χ1v) is 12.0. The molecule has 8 heteroatoms. The Hall–Kier alpha value is -0.120. The predicted octanol–water partition coefficient (Wildman–Crippen LogP) is 2.14. The molecule has 0 N–H and O–H groups in total. The Labute approximate surface area is 153 Å². The van der Waals surface area contributed by atoms with Crippen LogP contribution in [0.5, 0.6) is 0 Å². The zero-order valence-corrected chi connectivity index (χ0v) is 16.6. The molecular weight excluding hydrogens is 364 g/mol. The molecule has 5 nitrogen and oxygen atoms in total. The number of nitrogens with zero attached hydrogens (tertiary/aromatic N) is 2. The van der Waals surface area contributed by atoms with Crippen LogP contribution in [0.15, 0.2) is 16.3 Å². The van der Waals surface area contributed by atoms with Gasteiger partial charge in [0, 0.05) is 42.9 Å². The van der Waals surface area contributed by atoms with Crippen molar-refractivity contribution in [2.24, 2.45) is 0 Å². The number of rotatable bonds is 5. The van der Waals surface area contributed by atoms with Crippen molar-refractivity contribution in [1.29, 1.82) is 0 Å². The number of aryl methyl sites for hydroxylation is 1. The maximum atomic E-state index is 13.2. The largest absolute Gasteiger partial charge is 0.379 e. The smallest absolute Gasteiger partial charge is 0.252 e. The lowest BCUT2D eigenvalue weighted by atomic mass is 10.2. The molecule has 2 saturated heterocycles. The van der Waals surface area contributed by atoms with Crippen LogP contribution in [0, 0.1) is 0 Å². The SMILES string of the molecule is CCc1ccc(S(=O)(=O)N2CCCSCC2CN2CCOCC2)s1. The number of hydrogen-bond donors (Lipinski definition) is 0. The summed E-state index contributed by atoms with van der Waals surface area (Å²) < 4.78 is 34.1. The van der Waals surface area contributed by atoms with Crippen molar-refractivity contribution in [2.75, 3.05) is 50.9 Å². The molecule has 0 aliphatic carbocycles. The first-order chi connectivity index (χ1) is 11.6. The van der Waals surface area contributed by atoms with E-state index < -0.39 is 10.0 Å². The first kappa shape index (κ1) is 18.7. The summed E-state index contributed by atoms with van der Waals surface area (Å²) >= 11 is 3.29. The van der Waals surface area contributed by atoms with Crippen molar-refractivity contribution < 1.29 is 13.2 Å². The molecule has 0 aromatic carbocycles. The number of morpholine rings is 1. The summed E-state index contributed by atoms with van der Waals surface area (Å²) in [6, 6.07) is 3.77. The van der Waals surface area contributed by atoms with E-state index in [-0.39, 0.29) is 6.04 Å². The van der Waals surface area contributed by atoms with Crippen LogP contribution in [-0.2, 0) is 21.2 Å². The van der Waals surface area contributed by atoms with Crippen LogP contribution >= 0.6 is 23.1 Å². The Morgan fingerprint density at radius 2 is 2.04 bits per heavy atom. The minimum absolute atomic E-state index is 0.0489. The van der Waals surface area contributed by atoms with Gasteiger partial charge in [-0.2, -0.15) is 16.1 Å². The van der Waals surface area contributed by atoms with Gasteiger partial charge in [-0.15, -0.1) is 11.3 Å². The second kappa shape index (κ2) is 8.51. The monoisotopic (exact) mass is 390 g/mol. The molecule has 3 rings (SSSR count). The molecule has 2 aliphatic rings. The van der Waals surface area contributed by atoms with E-state index in [1.54, 1.807) is 10.4 Å². The Kier molecular flexibility index (Phi) is 6.62. The van der Waals surface area contributed by atoms with E-state index in [2.05, 4.69) is 11.8 Å². The van der Waals surface area contributed by atoms with Crippen LogP contribution in [0.4, 0.5) is 0 Å².